The number of thiophene rings is 1. The lowest BCUT2D eigenvalue weighted by molar-refractivity contribution is 0.203. The van der Waals surface area contributed by atoms with Crippen molar-refractivity contribution in [3.05, 3.63) is 93.6 Å². The van der Waals surface area contributed by atoms with Crippen molar-refractivity contribution in [1.29, 1.82) is 0 Å². The molecule has 2 aromatic carbocycles. The third-order valence-electron chi connectivity index (χ3n) is 5.98. The summed E-state index contributed by atoms with van der Waals surface area (Å²) in [5.41, 5.74) is 4.50. The summed E-state index contributed by atoms with van der Waals surface area (Å²) in [7, 11) is 0. The van der Waals surface area contributed by atoms with Gasteiger partial charge in [0.05, 0.1) is 24.8 Å². The highest BCUT2D eigenvalue weighted by atomic mass is 32.1. The summed E-state index contributed by atoms with van der Waals surface area (Å²) in [5.74, 6) is 1.65. The Bertz CT molecular complexity index is 1340. The van der Waals surface area contributed by atoms with E-state index in [1.54, 1.807) is 16.2 Å². The van der Waals surface area contributed by atoms with E-state index in [0.29, 0.717) is 24.9 Å². The first kappa shape index (κ1) is 22.9. The molecule has 0 radical (unpaired) electrons. The number of carbonyl (C=O) groups is 1. The number of benzene rings is 2. The summed E-state index contributed by atoms with van der Waals surface area (Å²) in [6.07, 6.45) is 0. The lowest BCUT2D eigenvalue weighted by Crippen LogP contribution is -2.45. The molecule has 1 atom stereocenters. The zero-order valence-electron chi connectivity index (χ0n) is 19.8. The van der Waals surface area contributed by atoms with Gasteiger partial charge < -0.3 is 14.6 Å². The molecule has 1 aliphatic heterocycles. The molecular formula is C27H26N4O3S. The molecule has 0 fully saturated rings. The van der Waals surface area contributed by atoms with Gasteiger partial charge in [-0.2, -0.15) is 4.98 Å². The lowest BCUT2D eigenvalue weighted by Gasteiger charge is -2.35. The fourth-order valence-electron chi connectivity index (χ4n) is 4.13. The van der Waals surface area contributed by atoms with Crippen LogP contribution >= 0.6 is 11.3 Å². The average molecular weight is 487 g/mol. The molecule has 3 heterocycles. The van der Waals surface area contributed by atoms with Gasteiger partial charge in [0.2, 0.25) is 5.82 Å². The Morgan fingerprint density at radius 1 is 1.09 bits per heavy atom. The molecule has 1 unspecified atom stereocenters. The van der Waals surface area contributed by atoms with Crippen LogP contribution in [0.15, 0.2) is 76.3 Å². The van der Waals surface area contributed by atoms with Gasteiger partial charge in [0.15, 0.2) is 0 Å². The van der Waals surface area contributed by atoms with Crippen molar-refractivity contribution in [3.8, 4) is 17.1 Å². The maximum atomic E-state index is 13.2. The number of carbonyl (C=O) groups excluding carboxylic acids is 1. The Kier molecular flexibility index (Phi) is 6.37. The van der Waals surface area contributed by atoms with Crippen LogP contribution in [0.1, 0.15) is 41.8 Å². The van der Waals surface area contributed by atoms with Crippen molar-refractivity contribution in [1.82, 2.24) is 20.4 Å². The van der Waals surface area contributed by atoms with Crippen LogP contribution < -0.4 is 10.1 Å². The zero-order valence-corrected chi connectivity index (χ0v) is 20.6. The van der Waals surface area contributed by atoms with Crippen LogP contribution in [-0.2, 0) is 6.54 Å². The van der Waals surface area contributed by atoms with Crippen molar-refractivity contribution in [3.63, 3.8) is 0 Å². The van der Waals surface area contributed by atoms with Gasteiger partial charge in [0.25, 0.3) is 5.89 Å². The normalized spacial score (nSPS) is 15.9. The first-order chi connectivity index (χ1) is 17.0. The molecular weight excluding hydrogens is 460 g/mol. The summed E-state index contributed by atoms with van der Waals surface area (Å²) in [6.45, 7) is 7.00. The number of aryl methyl sites for hydroxylation is 1. The van der Waals surface area contributed by atoms with Gasteiger partial charge in [-0.3, -0.25) is 4.90 Å². The Hall–Kier alpha value is -3.91. The van der Waals surface area contributed by atoms with Gasteiger partial charge in [-0.1, -0.05) is 41.1 Å². The Morgan fingerprint density at radius 2 is 1.86 bits per heavy atom. The van der Waals surface area contributed by atoms with E-state index in [4.69, 9.17) is 14.2 Å². The van der Waals surface area contributed by atoms with Crippen molar-refractivity contribution in [2.24, 2.45) is 0 Å². The Labute approximate surface area is 208 Å². The minimum absolute atomic E-state index is 0.156. The molecule has 8 heteroatoms. The van der Waals surface area contributed by atoms with Gasteiger partial charge in [0, 0.05) is 16.1 Å². The second-order valence-electron chi connectivity index (χ2n) is 8.34. The third-order valence-corrected chi connectivity index (χ3v) is 6.84. The second kappa shape index (κ2) is 9.76. The van der Waals surface area contributed by atoms with E-state index in [1.807, 2.05) is 86.8 Å². The van der Waals surface area contributed by atoms with Crippen molar-refractivity contribution >= 4 is 22.9 Å². The maximum absolute atomic E-state index is 13.2. The largest absolute Gasteiger partial charge is 0.494 e. The number of nitrogens with zero attached hydrogens (tertiary/aromatic N) is 3. The fraction of sp³-hybridized carbons (Fsp3) is 0.222. The highest BCUT2D eigenvalue weighted by Crippen LogP contribution is 2.38. The number of nitrogens with one attached hydrogen (secondary N) is 1. The van der Waals surface area contributed by atoms with Crippen LogP contribution in [0.3, 0.4) is 0 Å². The van der Waals surface area contributed by atoms with Gasteiger partial charge in [-0.25, -0.2) is 4.79 Å². The summed E-state index contributed by atoms with van der Waals surface area (Å²) < 4.78 is 11.3. The van der Waals surface area contributed by atoms with E-state index in [9.17, 15) is 4.79 Å². The third kappa shape index (κ3) is 4.70. The van der Waals surface area contributed by atoms with Gasteiger partial charge >= 0.3 is 6.03 Å². The molecule has 1 N–H and O–H groups in total. The first-order valence-electron chi connectivity index (χ1n) is 11.5. The number of hydrogen-bond donors (Lipinski definition) is 1. The van der Waals surface area contributed by atoms with E-state index >= 15 is 0 Å². The molecule has 35 heavy (non-hydrogen) atoms. The van der Waals surface area contributed by atoms with Crippen molar-refractivity contribution < 1.29 is 14.1 Å². The van der Waals surface area contributed by atoms with Crippen LogP contribution in [0.4, 0.5) is 4.79 Å². The zero-order chi connectivity index (χ0) is 24.4. The Morgan fingerprint density at radius 3 is 2.54 bits per heavy atom. The molecule has 0 aliphatic carbocycles. The van der Waals surface area contributed by atoms with Crippen LogP contribution in [0, 0.1) is 6.92 Å². The van der Waals surface area contributed by atoms with E-state index < -0.39 is 6.04 Å². The summed E-state index contributed by atoms with van der Waals surface area (Å²) in [6, 6.07) is 19.1. The quantitative estimate of drug-likeness (QED) is 0.336. The predicted molar refractivity (Wildman–Crippen MR) is 136 cm³/mol. The molecule has 0 bridgehead atoms. The van der Waals surface area contributed by atoms with Crippen molar-refractivity contribution in [2.45, 2.75) is 33.4 Å². The van der Waals surface area contributed by atoms with Gasteiger partial charge in [-0.05, 0) is 62.0 Å². The smallest absolute Gasteiger partial charge is 0.322 e. The molecule has 2 amide bonds. The van der Waals surface area contributed by atoms with E-state index in [0.717, 1.165) is 38.6 Å². The molecule has 0 spiro atoms. The minimum Gasteiger partial charge on any atom is -0.494 e. The minimum atomic E-state index is -0.406. The first-order valence-corrected chi connectivity index (χ1v) is 12.4. The van der Waals surface area contributed by atoms with E-state index in [2.05, 4.69) is 10.5 Å². The Balaban J connectivity index is 1.55. The highest BCUT2D eigenvalue weighted by Gasteiger charge is 2.35. The number of urea groups is 1. The molecule has 5 rings (SSSR count). The van der Waals surface area contributed by atoms with Gasteiger partial charge in [0.1, 0.15) is 5.75 Å². The number of ether oxygens (including phenoxy) is 1. The van der Waals surface area contributed by atoms with Crippen LogP contribution in [-0.4, -0.2) is 27.7 Å². The number of aromatic nitrogens is 2. The van der Waals surface area contributed by atoms with Crippen LogP contribution in [0.2, 0.25) is 0 Å². The fourth-order valence-corrected chi connectivity index (χ4v) is 4.83. The monoisotopic (exact) mass is 486 g/mol. The SMILES string of the molecule is CCOc1ccc(-c2noc(C3=C(C)N(Cc4cccs4)C(=O)NC3c3ccc(C)cc3)n2)cc1. The number of amides is 2. The average Bonchev–Trinajstić information content (AvgIpc) is 3.55. The number of hydrogen-bond acceptors (Lipinski definition) is 6. The molecule has 0 saturated carbocycles. The predicted octanol–water partition coefficient (Wildman–Crippen LogP) is 6.20. The molecule has 0 saturated heterocycles. The van der Waals surface area contributed by atoms with Crippen molar-refractivity contribution in [2.75, 3.05) is 6.61 Å². The van der Waals surface area contributed by atoms with Crippen LogP contribution in [0.5, 0.6) is 5.75 Å². The number of rotatable bonds is 7. The molecule has 1 aliphatic rings. The van der Waals surface area contributed by atoms with Crippen LogP contribution in [0.25, 0.3) is 17.0 Å². The second-order valence-corrected chi connectivity index (χ2v) is 9.37. The molecule has 178 valence electrons. The molecule has 2 aromatic heterocycles. The lowest BCUT2D eigenvalue weighted by atomic mass is 9.94. The molecule has 4 aromatic rings. The highest BCUT2D eigenvalue weighted by molar-refractivity contribution is 7.09. The van der Waals surface area contributed by atoms with E-state index in [1.165, 1.54) is 0 Å². The maximum Gasteiger partial charge on any atom is 0.322 e. The molecule has 7 nitrogen and oxygen atoms in total. The topological polar surface area (TPSA) is 80.5 Å². The number of allylic oxidation sites excluding steroid dienone is 1. The van der Waals surface area contributed by atoms with Gasteiger partial charge in [-0.15, -0.1) is 11.3 Å². The summed E-state index contributed by atoms with van der Waals surface area (Å²) >= 11 is 1.62. The summed E-state index contributed by atoms with van der Waals surface area (Å²) in [4.78, 5) is 20.7. The summed E-state index contributed by atoms with van der Waals surface area (Å²) in [5, 5.41) is 9.40. The van der Waals surface area contributed by atoms with E-state index in [-0.39, 0.29) is 6.03 Å². The standard InChI is InChI=1S/C27H26N4O3S/c1-4-33-21-13-11-20(12-14-21)25-29-26(34-30-25)23-18(3)31(16-22-6-5-15-35-22)27(32)28-24(23)19-9-7-17(2)8-10-19/h5-15,24H,4,16H2,1-3H3,(H,28,32).